The number of methoxy groups -OCH3 is 1. The predicted octanol–water partition coefficient (Wildman–Crippen LogP) is 0.868. The van der Waals surface area contributed by atoms with Crippen molar-refractivity contribution in [2.75, 3.05) is 17.6 Å². The molecule has 0 aliphatic carbocycles. The Hall–Kier alpha value is -2.35. The molecule has 0 unspecified atom stereocenters. The average molecular weight is 280 g/mol. The Morgan fingerprint density at radius 1 is 1.32 bits per heavy atom. The number of nitrogens with one attached hydrogen (secondary N) is 1. The Bertz CT molecular complexity index is 674. The van der Waals surface area contributed by atoms with Gasteiger partial charge in [0.1, 0.15) is 5.75 Å². The smallest absolute Gasteiger partial charge is 0.263 e. The van der Waals surface area contributed by atoms with Crippen molar-refractivity contribution < 1.29 is 13.2 Å². The number of nitrogens with two attached hydrogens (primary N) is 1. The van der Waals surface area contributed by atoms with Crippen LogP contribution in [0.4, 0.5) is 11.5 Å². The van der Waals surface area contributed by atoms with Crippen LogP contribution in [0.5, 0.6) is 5.75 Å². The lowest BCUT2D eigenvalue weighted by atomic mass is 10.3. The third-order valence-electron chi connectivity index (χ3n) is 2.32. The number of benzene rings is 1. The minimum absolute atomic E-state index is 0.0317. The lowest BCUT2D eigenvalue weighted by Crippen LogP contribution is -2.14. The van der Waals surface area contributed by atoms with Crippen molar-refractivity contribution in [3.05, 3.63) is 36.8 Å². The van der Waals surface area contributed by atoms with Gasteiger partial charge >= 0.3 is 0 Å². The molecule has 1 aromatic carbocycles. The quantitative estimate of drug-likeness (QED) is 0.805. The Kier molecular flexibility index (Phi) is 3.52. The molecule has 7 nitrogen and oxygen atoms in total. The van der Waals surface area contributed by atoms with Gasteiger partial charge in [0.15, 0.2) is 5.82 Å². The molecule has 3 N–H and O–H groups in total. The van der Waals surface area contributed by atoms with Gasteiger partial charge in [-0.1, -0.05) is 0 Å². The van der Waals surface area contributed by atoms with E-state index in [1.165, 1.54) is 43.9 Å². The molecule has 0 bridgehead atoms. The van der Waals surface area contributed by atoms with E-state index in [-0.39, 0.29) is 10.7 Å². The van der Waals surface area contributed by atoms with Gasteiger partial charge in [-0.15, -0.1) is 0 Å². The zero-order chi connectivity index (χ0) is 13.9. The van der Waals surface area contributed by atoms with Crippen molar-refractivity contribution in [3.8, 4) is 5.75 Å². The summed E-state index contributed by atoms with van der Waals surface area (Å²) in [4.78, 5) is 7.65. The van der Waals surface area contributed by atoms with E-state index in [1.807, 2.05) is 0 Å². The monoisotopic (exact) mass is 280 g/mol. The third kappa shape index (κ3) is 2.91. The van der Waals surface area contributed by atoms with Crippen LogP contribution in [-0.4, -0.2) is 25.5 Å². The molecule has 100 valence electrons. The summed E-state index contributed by atoms with van der Waals surface area (Å²) in [5.41, 5.74) is 6.00. The first kappa shape index (κ1) is 13.1. The van der Waals surface area contributed by atoms with Gasteiger partial charge in [0.25, 0.3) is 10.0 Å². The molecule has 0 spiro atoms. The molecule has 2 rings (SSSR count). The lowest BCUT2D eigenvalue weighted by molar-refractivity contribution is 0.415. The molecule has 1 heterocycles. The third-order valence-corrected chi connectivity index (χ3v) is 3.67. The summed E-state index contributed by atoms with van der Waals surface area (Å²) < 4.78 is 31.5. The summed E-state index contributed by atoms with van der Waals surface area (Å²) in [6, 6.07) is 4.19. The van der Waals surface area contributed by atoms with Crippen molar-refractivity contribution in [3.63, 3.8) is 0 Å². The van der Waals surface area contributed by atoms with E-state index >= 15 is 0 Å². The second-order valence-electron chi connectivity index (χ2n) is 3.60. The zero-order valence-corrected chi connectivity index (χ0v) is 10.9. The Morgan fingerprint density at radius 3 is 2.74 bits per heavy atom. The molecule has 0 aliphatic rings. The zero-order valence-electron chi connectivity index (χ0n) is 10.1. The first-order valence-electron chi connectivity index (χ1n) is 5.25. The van der Waals surface area contributed by atoms with Crippen LogP contribution < -0.4 is 15.2 Å². The van der Waals surface area contributed by atoms with E-state index in [0.717, 1.165) is 0 Å². The minimum atomic E-state index is -3.75. The molecule has 0 fully saturated rings. The Morgan fingerprint density at radius 2 is 2.11 bits per heavy atom. The summed E-state index contributed by atoms with van der Waals surface area (Å²) in [6.07, 6.45) is 4.15. The number of hydrogen-bond acceptors (Lipinski definition) is 6. The molecular weight excluding hydrogens is 268 g/mol. The fourth-order valence-electron chi connectivity index (χ4n) is 1.41. The highest BCUT2D eigenvalue weighted by Gasteiger charge is 2.16. The average Bonchev–Trinajstić information content (AvgIpc) is 2.39. The normalized spacial score (nSPS) is 11.0. The van der Waals surface area contributed by atoms with Gasteiger partial charge in [-0.25, -0.2) is 13.4 Å². The van der Waals surface area contributed by atoms with E-state index in [4.69, 9.17) is 10.5 Å². The van der Waals surface area contributed by atoms with E-state index in [9.17, 15) is 8.42 Å². The van der Waals surface area contributed by atoms with Crippen molar-refractivity contribution in [1.82, 2.24) is 9.97 Å². The lowest BCUT2D eigenvalue weighted by Gasteiger charge is -2.09. The van der Waals surface area contributed by atoms with Gasteiger partial charge < -0.3 is 10.5 Å². The number of nitrogens with zero attached hydrogens (tertiary/aromatic N) is 2. The first-order chi connectivity index (χ1) is 9.03. The maximum Gasteiger partial charge on any atom is 0.263 e. The van der Waals surface area contributed by atoms with Crippen LogP contribution in [0.3, 0.4) is 0 Å². The van der Waals surface area contributed by atoms with Crippen LogP contribution >= 0.6 is 0 Å². The van der Waals surface area contributed by atoms with Crippen molar-refractivity contribution >= 4 is 21.5 Å². The highest BCUT2D eigenvalue weighted by Crippen LogP contribution is 2.25. The number of ether oxygens (including phenoxy) is 1. The molecule has 2 aromatic rings. The molecule has 0 radical (unpaired) electrons. The fraction of sp³-hybridized carbons (Fsp3) is 0.0909. The maximum atomic E-state index is 12.1. The number of sulfonamides is 1. The second kappa shape index (κ2) is 5.11. The summed E-state index contributed by atoms with van der Waals surface area (Å²) in [6.45, 7) is 0. The predicted molar refractivity (Wildman–Crippen MR) is 70.2 cm³/mol. The molecule has 8 heteroatoms. The molecule has 0 atom stereocenters. The first-order valence-corrected chi connectivity index (χ1v) is 6.73. The van der Waals surface area contributed by atoms with E-state index in [1.54, 1.807) is 0 Å². The van der Waals surface area contributed by atoms with Gasteiger partial charge in [0.05, 0.1) is 23.9 Å². The van der Waals surface area contributed by atoms with Gasteiger partial charge in [-0.05, 0) is 12.1 Å². The van der Waals surface area contributed by atoms with Crippen molar-refractivity contribution in [1.29, 1.82) is 0 Å². The van der Waals surface area contributed by atoms with Gasteiger partial charge in [-0.2, -0.15) is 0 Å². The maximum absolute atomic E-state index is 12.1. The van der Waals surface area contributed by atoms with Crippen molar-refractivity contribution in [2.45, 2.75) is 4.90 Å². The number of anilines is 2. The minimum Gasteiger partial charge on any atom is -0.495 e. The number of aromatic nitrogens is 2. The topological polar surface area (TPSA) is 107 Å². The summed E-state index contributed by atoms with van der Waals surface area (Å²) in [7, 11) is -2.34. The van der Waals surface area contributed by atoms with E-state index < -0.39 is 10.0 Å². The largest absolute Gasteiger partial charge is 0.495 e. The molecule has 0 saturated carbocycles. The summed E-state index contributed by atoms with van der Waals surface area (Å²) in [5.74, 6) is 0.431. The van der Waals surface area contributed by atoms with Crippen molar-refractivity contribution in [2.24, 2.45) is 0 Å². The molecule has 19 heavy (non-hydrogen) atoms. The van der Waals surface area contributed by atoms with E-state index in [2.05, 4.69) is 14.7 Å². The van der Waals surface area contributed by atoms with Gasteiger partial charge in [0, 0.05) is 18.5 Å². The SMILES string of the molecule is COc1cc(S(=O)(=O)Nc2cnccn2)ccc1N. The number of nitrogen functional groups attached to an aromatic ring is 1. The highest BCUT2D eigenvalue weighted by molar-refractivity contribution is 7.92. The van der Waals surface area contributed by atoms with Crippen LogP contribution in [0, 0.1) is 0 Å². The highest BCUT2D eigenvalue weighted by atomic mass is 32.2. The molecule has 1 aromatic heterocycles. The van der Waals surface area contributed by atoms with Gasteiger partial charge in [0.2, 0.25) is 0 Å². The van der Waals surface area contributed by atoms with Crippen LogP contribution in [-0.2, 0) is 10.0 Å². The van der Waals surface area contributed by atoms with E-state index in [0.29, 0.717) is 11.4 Å². The molecule has 0 aliphatic heterocycles. The number of hydrogen-bond donors (Lipinski definition) is 2. The summed E-state index contributed by atoms with van der Waals surface area (Å²) >= 11 is 0. The molecular formula is C11H12N4O3S. The molecule has 0 amide bonds. The van der Waals surface area contributed by atoms with Crippen LogP contribution in [0.25, 0.3) is 0 Å². The Balaban J connectivity index is 2.35. The van der Waals surface area contributed by atoms with Gasteiger partial charge in [-0.3, -0.25) is 9.71 Å². The molecule has 0 saturated heterocycles. The second-order valence-corrected chi connectivity index (χ2v) is 5.28. The summed E-state index contributed by atoms with van der Waals surface area (Å²) in [5, 5.41) is 0. The number of rotatable bonds is 4. The Labute approximate surface area is 110 Å². The van der Waals surface area contributed by atoms with Crippen LogP contribution in [0.1, 0.15) is 0 Å². The van der Waals surface area contributed by atoms with Crippen LogP contribution in [0.2, 0.25) is 0 Å². The van der Waals surface area contributed by atoms with Crippen LogP contribution in [0.15, 0.2) is 41.7 Å². The standard InChI is InChI=1S/C11H12N4O3S/c1-18-10-6-8(2-3-9(10)12)19(16,17)15-11-7-13-4-5-14-11/h2-7H,12H2,1H3,(H,14,15). The fourth-order valence-corrected chi connectivity index (χ4v) is 2.41.